The summed E-state index contributed by atoms with van der Waals surface area (Å²) in [4.78, 5) is 0. The summed E-state index contributed by atoms with van der Waals surface area (Å²) in [6, 6.07) is 5.13. The van der Waals surface area contributed by atoms with E-state index in [2.05, 4.69) is 6.92 Å². The van der Waals surface area contributed by atoms with Gasteiger partial charge in [0.1, 0.15) is 0 Å². The third-order valence-corrected chi connectivity index (χ3v) is 2.93. The van der Waals surface area contributed by atoms with Gasteiger partial charge in [-0.1, -0.05) is 19.1 Å². The van der Waals surface area contributed by atoms with Crippen molar-refractivity contribution in [3.05, 3.63) is 23.8 Å². The van der Waals surface area contributed by atoms with Crippen molar-refractivity contribution in [3.8, 4) is 11.5 Å². The van der Waals surface area contributed by atoms with E-state index in [-0.39, 0.29) is 17.4 Å². The van der Waals surface area contributed by atoms with E-state index < -0.39 is 0 Å². The second kappa shape index (κ2) is 4.11. The van der Waals surface area contributed by atoms with Crippen LogP contribution in [-0.4, -0.2) is 22.9 Å². The number of aromatic hydroxyl groups is 2. The van der Waals surface area contributed by atoms with Crippen LogP contribution in [0, 0.1) is 0 Å². The Morgan fingerprint density at radius 1 is 1.47 bits per heavy atom. The monoisotopic (exact) mass is 208 g/mol. The molecule has 0 aliphatic carbocycles. The summed E-state index contributed by atoms with van der Waals surface area (Å²) in [5.41, 5.74) is 0.827. The number of epoxide rings is 1. The zero-order valence-corrected chi connectivity index (χ0v) is 8.81. The Hall–Kier alpha value is -1.22. The minimum atomic E-state index is -0.0392. The lowest BCUT2D eigenvalue weighted by atomic mass is 9.91. The molecule has 1 aromatic carbocycles. The van der Waals surface area contributed by atoms with Crippen LogP contribution < -0.4 is 0 Å². The molecule has 0 radical (unpaired) electrons. The van der Waals surface area contributed by atoms with Crippen molar-refractivity contribution < 1.29 is 14.9 Å². The van der Waals surface area contributed by atoms with E-state index in [4.69, 9.17) is 4.74 Å². The molecule has 3 nitrogen and oxygen atoms in total. The number of hydrogen-bond acceptors (Lipinski definition) is 3. The maximum absolute atomic E-state index is 9.74. The molecule has 1 aromatic rings. The van der Waals surface area contributed by atoms with E-state index in [1.165, 1.54) is 6.07 Å². The van der Waals surface area contributed by atoms with Crippen molar-refractivity contribution >= 4 is 0 Å². The first-order valence-corrected chi connectivity index (χ1v) is 5.34. The number of para-hydroxylation sites is 1. The summed E-state index contributed by atoms with van der Waals surface area (Å²) < 4.78 is 5.19. The van der Waals surface area contributed by atoms with Gasteiger partial charge in [0, 0.05) is 5.56 Å². The van der Waals surface area contributed by atoms with Crippen molar-refractivity contribution in [2.24, 2.45) is 0 Å². The summed E-state index contributed by atoms with van der Waals surface area (Å²) in [5.74, 6) is 0.247. The van der Waals surface area contributed by atoms with E-state index in [1.807, 2.05) is 6.07 Å². The lowest BCUT2D eigenvalue weighted by molar-refractivity contribution is 0.366. The van der Waals surface area contributed by atoms with Crippen LogP contribution in [0.4, 0.5) is 0 Å². The maximum Gasteiger partial charge on any atom is 0.160 e. The molecular formula is C12H16O3. The van der Waals surface area contributed by atoms with Gasteiger partial charge in [-0.15, -0.1) is 0 Å². The Morgan fingerprint density at radius 3 is 2.80 bits per heavy atom. The van der Waals surface area contributed by atoms with Crippen molar-refractivity contribution in [3.63, 3.8) is 0 Å². The molecule has 82 valence electrons. The Bertz CT molecular complexity index is 345. The van der Waals surface area contributed by atoms with E-state index in [0.717, 1.165) is 25.0 Å². The molecule has 0 saturated carbocycles. The third-order valence-electron chi connectivity index (χ3n) is 2.93. The van der Waals surface area contributed by atoms with E-state index in [1.54, 1.807) is 6.07 Å². The minimum absolute atomic E-state index is 0.0185. The summed E-state index contributed by atoms with van der Waals surface area (Å²) in [6.45, 7) is 2.91. The van der Waals surface area contributed by atoms with Crippen LogP contribution in [0.5, 0.6) is 11.5 Å². The van der Waals surface area contributed by atoms with E-state index >= 15 is 0 Å². The molecule has 1 heterocycles. The predicted molar refractivity (Wildman–Crippen MR) is 57.2 cm³/mol. The van der Waals surface area contributed by atoms with Gasteiger partial charge in [-0.3, -0.25) is 0 Å². The SMILES string of the molecule is CCC(CC1CO1)c1cccc(O)c1O. The molecule has 2 atom stereocenters. The molecule has 0 bridgehead atoms. The zero-order chi connectivity index (χ0) is 10.8. The number of rotatable bonds is 4. The fraction of sp³-hybridized carbons (Fsp3) is 0.500. The summed E-state index contributed by atoms with van der Waals surface area (Å²) >= 11 is 0. The molecule has 15 heavy (non-hydrogen) atoms. The number of phenolic OH excluding ortho intramolecular Hbond substituents is 2. The average Bonchev–Trinajstić information content (AvgIpc) is 3.03. The smallest absolute Gasteiger partial charge is 0.160 e. The van der Waals surface area contributed by atoms with Crippen LogP contribution in [0.2, 0.25) is 0 Å². The molecule has 0 amide bonds. The van der Waals surface area contributed by atoms with E-state index in [9.17, 15) is 10.2 Å². The Kier molecular flexibility index (Phi) is 2.82. The summed E-state index contributed by atoms with van der Waals surface area (Å²) in [7, 11) is 0. The molecule has 2 N–H and O–H groups in total. The Morgan fingerprint density at radius 2 is 2.20 bits per heavy atom. The highest BCUT2D eigenvalue weighted by Gasteiger charge is 2.28. The second-order valence-corrected chi connectivity index (χ2v) is 4.01. The van der Waals surface area contributed by atoms with Crippen molar-refractivity contribution in [2.75, 3.05) is 6.61 Å². The summed E-state index contributed by atoms with van der Waals surface area (Å²) in [5, 5.41) is 19.2. The molecule has 1 saturated heterocycles. The highest BCUT2D eigenvalue weighted by atomic mass is 16.6. The number of ether oxygens (including phenoxy) is 1. The molecule has 2 unspecified atom stereocenters. The largest absolute Gasteiger partial charge is 0.504 e. The van der Waals surface area contributed by atoms with Gasteiger partial charge < -0.3 is 14.9 Å². The fourth-order valence-electron chi connectivity index (χ4n) is 1.91. The first-order valence-electron chi connectivity index (χ1n) is 5.34. The minimum Gasteiger partial charge on any atom is -0.504 e. The predicted octanol–water partition coefficient (Wildman–Crippen LogP) is 2.38. The third kappa shape index (κ3) is 2.23. The van der Waals surface area contributed by atoms with Crippen molar-refractivity contribution in [1.29, 1.82) is 0 Å². The second-order valence-electron chi connectivity index (χ2n) is 4.01. The molecule has 3 heteroatoms. The van der Waals surface area contributed by atoms with Crippen LogP contribution in [0.25, 0.3) is 0 Å². The topological polar surface area (TPSA) is 53.0 Å². The van der Waals surface area contributed by atoms with Gasteiger partial charge in [-0.05, 0) is 24.8 Å². The van der Waals surface area contributed by atoms with Crippen molar-refractivity contribution in [2.45, 2.75) is 31.8 Å². The van der Waals surface area contributed by atoms with Gasteiger partial charge in [-0.2, -0.15) is 0 Å². The van der Waals surface area contributed by atoms with Gasteiger partial charge >= 0.3 is 0 Å². The molecule has 2 rings (SSSR count). The van der Waals surface area contributed by atoms with Gasteiger partial charge in [0.25, 0.3) is 0 Å². The fourth-order valence-corrected chi connectivity index (χ4v) is 1.91. The number of phenols is 2. The van der Waals surface area contributed by atoms with Crippen LogP contribution in [0.3, 0.4) is 0 Å². The van der Waals surface area contributed by atoms with Crippen LogP contribution in [-0.2, 0) is 4.74 Å². The molecule has 1 fully saturated rings. The number of benzene rings is 1. The average molecular weight is 208 g/mol. The molecule has 0 spiro atoms. The zero-order valence-electron chi connectivity index (χ0n) is 8.81. The first kappa shape index (κ1) is 10.3. The standard InChI is InChI=1S/C12H16O3/c1-2-8(6-9-7-15-9)10-4-3-5-11(13)12(10)14/h3-5,8-9,13-14H,2,6-7H2,1H3. The van der Waals surface area contributed by atoms with Crippen LogP contribution >= 0.6 is 0 Å². The molecule has 0 aromatic heterocycles. The van der Waals surface area contributed by atoms with Crippen LogP contribution in [0.1, 0.15) is 31.2 Å². The molecule has 1 aliphatic heterocycles. The Labute approximate surface area is 89.3 Å². The lowest BCUT2D eigenvalue weighted by Gasteiger charge is -2.15. The highest BCUT2D eigenvalue weighted by molar-refractivity contribution is 5.46. The highest BCUT2D eigenvalue weighted by Crippen LogP contribution is 2.38. The molecule has 1 aliphatic rings. The van der Waals surface area contributed by atoms with Crippen LogP contribution in [0.15, 0.2) is 18.2 Å². The number of hydrogen-bond donors (Lipinski definition) is 2. The van der Waals surface area contributed by atoms with Crippen molar-refractivity contribution in [1.82, 2.24) is 0 Å². The maximum atomic E-state index is 9.74. The Balaban J connectivity index is 2.20. The van der Waals surface area contributed by atoms with Gasteiger partial charge in [0.05, 0.1) is 12.7 Å². The van der Waals surface area contributed by atoms with E-state index in [0.29, 0.717) is 6.10 Å². The summed E-state index contributed by atoms with van der Waals surface area (Å²) in [6.07, 6.45) is 2.21. The normalized spacial score (nSPS) is 21.3. The molecular weight excluding hydrogens is 192 g/mol. The quantitative estimate of drug-likeness (QED) is 0.590. The first-order chi connectivity index (χ1) is 7.22. The van der Waals surface area contributed by atoms with Gasteiger partial charge in [0.2, 0.25) is 0 Å². The van der Waals surface area contributed by atoms with Gasteiger partial charge in [-0.25, -0.2) is 0 Å². The van der Waals surface area contributed by atoms with Gasteiger partial charge in [0.15, 0.2) is 11.5 Å². The lowest BCUT2D eigenvalue weighted by Crippen LogP contribution is -2.01.